The Morgan fingerprint density at radius 1 is 1.41 bits per heavy atom. The lowest BCUT2D eigenvalue weighted by Crippen LogP contribution is -2.07. The molecule has 2 aromatic rings. The summed E-state index contributed by atoms with van der Waals surface area (Å²) in [5, 5.41) is 2.68. The van der Waals surface area contributed by atoms with Gasteiger partial charge in [0.25, 0.3) is 0 Å². The number of imidazole rings is 1. The molecule has 0 amide bonds. The van der Waals surface area contributed by atoms with E-state index in [1.54, 1.807) is 12.4 Å². The van der Waals surface area contributed by atoms with Crippen LogP contribution in [0.15, 0.2) is 18.5 Å². The predicted octanol–water partition coefficient (Wildman–Crippen LogP) is 1.98. The molecule has 1 heterocycles. The SMILES string of the molecule is Nc1cc(N)c(NCc2ncc[nH]2)c(F)c1Cl. The van der Waals surface area contributed by atoms with Crippen LogP contribution in [0.1, 0.15) is 5.82 Å². The van der Waals surface area contributed by atoms with Gasteiger partial charge in [0, 0.05) is 12.4 Å². The van der Waals surface area contributed by atoms with Gasteiger partial charge in [0.15, 0.2) is 5.82 Å². The van der Waals surface area contributed by atoms with Gasteiger partial charge < -0.3 is 21.8 Å². The number of hydrogen-bond donors (Lipinski definition) is 4. The van der Waals surface area contributed by atoms with Crippen molar-refractivity contribution in [2.24, 2.45) is 0 Å². The summed E-state index contributed by atoms with van der Waals surface area (Å²) in [7, 11) is 0. The molecule has 0 aliphatic carbocycles. The van der Waals surface area contributed by atoms with Gasteiger partial charge in [-0.05, 0) is 6.07 Å². The van der Waals surface area contributed by atoms with Crippen molar-refractivity contribution < 1.29 is 4.39 Å². The van der Waals surface area contributed by atoms with Crippen LogP contribution in [-0.4, -0.2) is 9.97 Å². The van der Waals surface area contributed by atoms with Crippen molar-refractivity contribution in [3.8, 4) is 0 Å². The number of nitrogen functional groups attached to an aromatic ring is 2. The molecule has 1 aromatic carbocycles. The quantitative estimate of drug-likeness (QED) is 0.631. The zero-order valence-electron chi connectivity index (χ0n) is 8.80. The number of halogens is 2. The summed E-state index contributed by atoms with van der Waals surface area (Å²) in [6, 6.07) is 1.41. The van der Waals surface area contributed by atoms with Gasteiger partial charge in [0.2, 0.25) is 0 Å². The summed E-state index contributed by atoms with van der Waals surface area (Å²) < 4.78 is 13.8. The molecule has 0 bridgehead atoms. The van der Waals surface area contributed by atoms with Gasteiger partial charge in [-0.3, -0.25) is 0 Å². The van der Waals surface area contributed by atoms with Crippen LogP contribution >= 0.6 is 11.6 Å². The number of aromatic nitrogens is 2. The van der Waals surface area contributed by atoms with Crippen LogP contribution in [0.2, 0.25) is 5.02 Å². The van der Waals surface area contributed by atoms with Gasteiger partial charge >= 0.3 is 0 Å². The molecule has 2 rings (SSSR count). The van der Waals surface area contributed by atoms with Crippen molar-refractivity contribution in [3.63, 3.8) is 0 Å². The van der Waals surface area contributed by atoms with Crippen molar-refractivity contribution in [3.05, 3.63) is 35.1 Å². The van der Waals surface area contributed by atoms with E-state index >= 15 is 0 Å². The second kappa shape index (κ2) is 4.50. The van der Waals surface area contributed by atoms with Crippen molar-refractivity contribution in [1.82, 2.24) is 9.97 Å². The summed E-state index contributed by atoms with van der Waals surface area (Å²) in [6.45, 7) is 0.314. The Morgan fingerprint density at radius 3 is 2.82 bits per heavy atom. The number of anilines is 3. The molecule has 6 N–H and O–H groups in total. The molecule has 90 valence electrons. The summed E-state index contributed by atoms with van der Waals surface area (Å²) in [4.78, 5) is 6.87. The Kier molecular flexibility index (Phi) is 3.06. The Bertz CT molecular complexity index is 526. The van der Waals surface area contributed by atoms with Gasteiger partial charge in [0.05, 0.1) is 23.6 Å². The minimum absolute atomic E-state index is 0.116. The van der Waals surface area contributed by atoms with Crippen molar-refractivity contribution in [2.45, 2.75) is 6.54 Å². The minimum atomic E-state index is -0.657. The standard InChI is InChI=1S/C10H11ClFN5/c11-8-5(13)3-6(14)10(9(8)12)17-4-7-15-1-2-16-7/h1-3,17H,4,13-14H2,(H,15,16). The zero-order valence-corrected chi connectivity index (χ0v) is 9.55. The molecule has 0 radical (unpaired) electrons. The fourth-order valence-electron chi connectivity index (χ4n) is 1.41. The number of rotatable bonds is 3. The van der Waals surface area contributed by atoms with Crippen LogP contribution in [-0.2, 0) is 6.54 Å². The number of aromatic amines is 1. The maximum Gasteiger partial charge on any atom is 0.169 e. The van der Waals surface area contributed by atoms with E-state index in [4.69, 9.17) is 23.1 Å². The lowest BCUT2D eigenvalue weighted by atomic mass is 10.2. The van der Waals surface area contributed by atoms with Crippen LogP contribution < -0.4 is 16.8 Å². The maximum atomic E-state index is 13.8. The van der Waals surface area contributed by atoms with Gasteiger partial charge in [-0.15, -0.1) is 0 Å². The second-order valence-corrected chi connectivity index (χ2v) is 3.83. The fraction of sp³-hybridized carbons (Fsp3) is 0.100. The van der Waals surface area contributed by atoms with Crippen LogP contribution in [0.3, 0.4) is 0 Å². The van der Waals surface area contributed by atoms with Gasteiger partial charge in [-0.25, -0.2) is 9.37 Å². The Morgan fingerprint density at radius 2 is 2.18 bits per heavy atom. The van der Waals surface area contributed by atoms with E-state index in [0.717, 1.165) is 0 Å². The fourth-order valence-corrected chi connectivity index (χ4v) is 1.56. The molecule has 0 unspecified atom stereocenters. The number of hydrogen-bond acceptors (Lipinski definition) is 4. The normalized spacial score (nSPS) is 10.5. The molecular formula is C10H11ClFN5. The molecule has 0 aliphatic rings. The van der Waals surface area contributed by atoms with Crippen LogP contribution in [0, 0.1) is 5.82 Å². The predicted molar refractivity (Wildman–Crippen MR) is 66.1 cm³/mol. The molecule has 0 saturated heterocycles. The molecule has 0 fully saturated rings. The number of H-pyrrole nitrogens is 1. The van der Waals surface area contributed by atoms with E-state index in [-0.39, 0.29) is 22.1 Å². The van der Waals surface area contributed by atoms with E-state index in [1.165, 1.54) is 6.07 Å². The van der Waals surface area contributed by atoms with E-state index in [9.17, 15) is 4.39 Å². The van der Waals surface area contributed by atoms with Crippen LogP contribution in [0.25, 0.3) is 0 Å². The van der Waals surface area contributed by atoms with Crippen molar-refractivity contribution >= 4 is 28.7 Å². The first-order valence-electron chi connectivity index (χ1n) is 4.84. The highest BCUT2D eigenvalue weighted by Crippen LogP contribution is 2.33. The largest absolute Gasteiger partial charge is 0.397 e. The molecular weight excluding hydrogens is 245 g/mol. The van der Waals surface area contributed by atoms with E-state index in [1.807, 2.05) is 0 Å². The summed E-state index contributed by atoms with van der Waals surface area (Å²) in [6.07, 6.45) is 3.28. The van der Waals surface area contributed by atoms with E-state index in [0.29, 0.717) is 12.4 Å². The Balaban J connectivity index is 2.24. The molecule has 0 aliphatic heterocycles. The molecule has 17 heavy (non-hydrogen) atoms. The summed E-state index contributed by atoms with van der Waals surface area (Å²) in [5.74, 6) is 0.00692. The van der Waals surface area contributed by atoms with Gasteiger partial charge in [-0.2, -0.15) is 0 Å². The molecule has 0 atom stereocenters. The van der Waals surface area contributed by atoms with Gasteiger partial charge in [0.1, 0.15) is 10.8 Å². The first-order valence-corrected chi connectivity index (χ1v) is 5.22. The third kappa shape index (κ3) is 2.26. The number of nitrogens with zero attached hydrogens (tertiary/aromatic N) is 1. The summed E-state index contributed by atoms with van der Waals surface area (Å²) >= 11 is 5.70. The Labute approximate surface area is 102 Å². The highest BCUT2D eigenvalue weighted by Gasteiger charge is 2.14. The smallest absolute Gasteiger partial charge is 0.169 e. The van der Waals surface area contributed by atoms with Crippen molar-refractivity contribution in [1.29, 1.82) is 0 Å². The third-order valence-electron chi connectivity index (χ3n) is 2.25. The molecule has 0 saturated carbocycles. The molecule has 5 nitrogen and oxygen atoms in total. The maximum absolute atomic E-state index is 13.8. The van der Waals surface area contributed by atoms with E-state index in [2.05, 4.69) is 15.3 Å². The molecule has 7 heteroatoms. The second-order valence-electron chi connectivity index (χ2n) is 3.45. The number of nitrogens with one attached hydrogen (secondary N) is 2. The monoisotopic (exact) mass is 255 g/mol. The average molecular weight is 256 g/mol. The lowest BCUT2D eigenvalue weighted by molar-refractivity contribution is 0.631. The number of benzene rings is 1. The minimum Gasteiger partial charge on any atom is -0.397 e. The topological polar surface area (TPSA) is 92.8 Å². The highest BCUT2D eigenvalue weighted by molar-refractivity contribution is 6.33. The molecule has 1 aromatic heterocycles. The molecule has 0 spiro atoms. The average Bonchev–Trinajstić information content (AvgIpc) is 2.79. The van der Waals surface area contributed by atoms with Crippen LogP contribution in [0.5, 0.6) is 0 Å². The summed E-state index contributed by atoms with van der Waals surface area (Å²) in [5.41, 5.74) is 11.6. The number of nitrogens with two attached hydrogens (primary N) is 2. The van der Waals surface area contributed by atoms with Crippen LogP contribution in [0.4, 0.5) is 21.5 Å². The Hall–Kier alpha value is -1.95. The van der Waals surface area contributed by atoms with Gasteiger partial charge in [-0.1, -0.05) is 11.6 Å². The van der Waals surface area contributed by atoms with E-state index < -0.39 is 5.82 Å². The third-order valence-corrected chi connectivity index (χ3v) is 2.64. The van der Waals surface area contributed by atoms with Crippen molar-refractivity contribution in [2.75, 3.05) is 16.8 Å². The highest BCUT2D eigenvalue weighted by atomic mass is 35.5. The first kappa shape index (κ1) is 11.5. The lowest BCUT2D eigenvalue weighted by Gasteiger charge is -2.11. The zero-order chi connectivity index (χ0) is 12.4. The first-order chi connectivity index (χ1) is 8.09.